The van der Waals surface area contributed by atoms with E-state index in [1.165, 1.54) is 24.5 Å². The zero-order chi connectivity index (χ0) is 22.6. The third-order valence-corrected chi connectivity index (χ3v) is 7.19. The van der Waals surface area contributed by atoms with Crippen LogP contribution in [0.2, 0.25) is 0 Å². The molecule has 1 fully saturated rings. The van der Waals surface area contributed by atoms with Gasteiger partial charge in [-0.3, -0.25) is 9.59 Å². The Morgan fingerprint density at radius 2 is 1.69 bits per heavy atom. The van der Waals surface area contributed by atoms with E-state index in [0.717, 1.165) is 0 Å². The van der Waals surface area contributed by atoms with E-state index in [9.17, 15) is 18.0 Å². The fourth-order valence-electron chi connectivity index (χ4n) is 3.84. The number of furan rings is 1. The number of amides is 2. The van der Waals surface area contributed by atoms with Gasteiger partial charge in [-0.25, -0.2) is 8.42 Å². The van der Waals surface area contributed by atoms with Gasteiger partial charge in [-0.1, -0.05) is 36.4 Å². The Balaban J connectivity index is 1.46. The summed E-state index contributed by atoms with van der Waals surface area (Å²) in [5.74, 6) is -1.21. The van der Waals surface area contributed by atoms with Gasteiger partial charge < -0.3 is 14.6 Å². The van der Waals surface area contributed by atoms with E-state index in [1.807, 2.05) is 30.3 Å². The Bertz CT molecular complexity index is 1190. The Labute approximate surface area is 187 Å². The number of rotatable bonds is 6. The molecule has 3 aromatic rings. The first-order chi connectivity index (χ1) is 15.4. The largest absolute Gasteiger partial charge is 0.459 e. The number of nitrogens with one attached hydrogen (secondary N) is 1. The van der Waals surface area contributed by atoms with Crippen LogP contribution < -0.4 is 5.32 Å². The first kappa shape index (κ1) is 21.8. The van der Waals surface area contributed by atoms with Gasteiger partial charge in [-0.2, -0.15) is 0 Å². The van der Waals surface area contributed by atoms with Crippen LogP contribution in [0.5, 0.6) is 0 Å². The number of carbonyl (C=O) groups excluding carboxylic acids is 2. The summed E-state index contributed by atoms with van der Waals surface area (Å²) < 4.78 is 30.9. The van der Waals surface area contributed by atoms with Crippen LogP contribution in [0.15, 0.2) is 82.3 Å². The summed E-state index contributed by atoms with van der Waals surface area (Å²) in [5.41, 5.74) is 1.02. The van der Waals surface area contributed by atoms with E-state index in [4.69, 9.17) is 4.42 Å². The van der Waals surface area contributed by atoms with Gasteiger partial charge in [0, 0.05) is 24.3 Å². The van der Waals surface area contributed by atoms with E-state index >= 15 is 0 Å². The average molecular weight is 453 g/mol. The lowest BCUT2D eigenvalue weighted by Gasteiger charge is -2.31. The number of sulfone groups is 1. The number of nitrogens with zero attached hydrogens (tertiary/aromatic N) is 1. The maximum atomic E-state index is 13.1. The van der Waals surface area contributed by atoms with Crippen molar-refractivity contribution in [1.29, 1.82) is 0 Å². The van der Waals surface area contributed by atoms with E-state index < -0.39 is 15.7 Å². The molecule has 1 N–H and O–H groups in total. The number of para-hydroxylation sites is 1. The number of anilines is 1. The number of hydrogen-bond donors (Lipinski definition) is 1. The number of piperidine rings is 1. The predicted octanol–water partition coefficient (Wildman–Crippen LogP) is 3.74. The van der Waals surface area contributed by atoms with E-state index in [2.05, 4.69) is 5.32 Å². The SMILES string of the molecule is O=C(Nc1ccccc1)C1CCCN(C(=O)c2occc2CS(=O)(=O)c2ccccc2)C1. The van der Waals surface area contributed by atoms with E-state index in [0.29, 0.717) is 30.6 Å². The fraction of sp³-hybridized carbons (Fsp3) is 0.250. The first-order valence-corrected chi connectivity index (χ1v) is 12.1. The molecule has 0 radical (unpaired) electrons. The van der Waals surface area contributed by atoms with Crippen LogP contribution in [0.3, 0.4) is 0 Å². The molecule has 32 heavy (non-hydrogen) atoms. The van der Waals surface area contributed by atoms with Crippen LogP contribution >= 0.6 is 0 Å². The van der Waals surface area contributed by atoms with Gasteiger partial charge in [-0.05, 0) is 43.2 Å². The molecule has 1 aliphatic heterocycles. The quantitative estimate of drug-likeness (QED) is 0.615. The number of likely N-dealkylation sites (tertiary alicyclic amines) is 1. The average Bonchev–Trinajstić information content (AvgIpc) is 3.27. The highest BCUT2D eigenvalue weighted by Crippen LogP contribution is 2.24. The lowest BCUT2D eigenvalue weighted by atomic mass is 9.96. The van der Waals surface area contributed by atoms with Gasteiger partial charge in [0.2, 0.25) is 5.91 Å². The minimum atomic E-state index is -3.62. The van der Waals surface area contributed by atoms with Crippen molar-refractivity contribution in [3.05, 3.63) is 84.3 Å². The summed E-state index contributed by atoms with van der Waals surface area (Å²) in [7, 11) is -3.62. The standard InChI is InChI=1S/C24H24N2O5S/c27-23(25-20-9-3-1-4-10-20)18-8-7-14-26(16-18)24(28)22-19(13-15-31-22)17-32(29,30)21-11-5-2-6-12-21/h1-6,9-13,15,18H,7-8,14,16-17H2,(H,25,27). The molecule has 0 bridgehead atoms. The minimum absolute atomic E-state index is 0.00798. The van der Waals surface area contributed by atoms with Crippen molar-refractivity contribution in [2.24, 2.45) is 5.92 Å². The number of benzene rings is 2. The fourth-order valence-corrected chi connectivity index (χ4v) is 5.21. The summed E-state index contributed by atoms with van der Waals surface area (Å²) in [6.07, 6.45) is 2.68. The van der Waals surface area contributed by atoms with Crippen LogP contribution in [-0.2, 0) is 20.4 Å². The van der Waals surface area contributed by atoms with Gasteiger partial charge in [0.05, 0.1) is 22.8 Å². The van der Waals surface area contributed by atoms with Crippen molar-refractivity contribution in [2.75, 3.05) is 18.4 Å². The summed E-state index contributed by atoms with van der Waals surface area (Å²) in [6, 6.07) is 18.8. The number of carbonyl (C=O) groups is 2. The molecule has 1 aromatic heterocycles. The van der Waals surface area contributed by atoms with Crippen molar-refractivity contribution >= 4 is 27.3 Å². The Hall–Kier alpha value is -3.39. The molecule has 1 atom stereocenters. The van der Waals surface area contributed by atoms with Crippen molar-refractivity contribution < 1.29 is 22.4 Å². The molecule has 1 saturated heterocycles. The molecule has 2 aromatic carbocycles. The maximum Gasteiger partial charge on any atom is 0.289 e. The molecule has 7 nitrogen and oxygen atoms in total. The zero-order valence-electron chi connectivity index (χ0n) is 17.4. The van der Waals surface area contributed by atoms with E-state index in [1.54, 1.807) is 23.1 Å². The van der Waals surface area contributed by atoms with Crippen LogP contribution in [0.1, 0.15) is 29.0 Å². The van der Waals surface area contributed by atoms with Gasteiger partial charge in [0.25, 0.3) is 5.91 Å². The smallest absolute Gasteiger partial charge is 0.289 e. The molecule has 1 unspecified atom stereocenters. The monoisotopic (exact) mass is 452 g/mol. The molecule has 4 rings (SSSR count). The molecule has 0 aliphatic carbocycles. The molecular weight excluding hydrogens is 428 g/mol. The van der Waals surface area contributed by atoms with Gasteiger partial charge >= 0.3 is 0 Å². The highest BCUT2D eigenvalue weighted by Gasteiger charge is 2.32. The third kappa shape index (κ3) is 4.91. The summed E-state index contributed by atoms with van der Waals surface area (Å²) in [6.45, 7) is 0.739. The Morgan fingerprint density at radius 3 is 2.41 bits per heavy atom. The Kier molecular flexibility index (Phi) is 6.41. The third-order valence-electron chi connectivity index (χ3n) is 5.51. The van der Waals surface area contributed by atoms with Crippen LogP contribution in [0.25, 0.3) is 0 Å². The topological polar surface area (TPSA) is 96.7 Å². The molecule has 2 heterocycles. The van der Waals surface area contributed by atoms with E-state index in [-0.39, 0.29) is 34.8 Å². The molecule has 166 valence electrons. The summed E-state index contributed by atoms with van der Waals surface area (Å²) in [5, 5.41) is 2.89. The van der Waals surface area contributed by atoms with Gasteiger partial charge in [0.1, 0.15) is 0 Å². The lowest BCUT2D eigenvalue weighted by molar-refractivity contribution is -0.121. The molecule has 0 spiro atoms. The maximum absolute atomic E-state index is 13.1. The van der Waals surface area contributed by atoms with Crippen molar-refractivity contribution in [3.8, 4) is 0 Å². The second-order valence-corrected chi connectivity index (χ2v) is 9.78. The predicted molar refractivity (Wildman–Crippen MR) is 120 cm³/mol. The van der Waals surface area contributed by atoms with Crippen molar-refractivity contribution in [1.82, 2.24) is 4.90 Å². The molecule has 1 aliphatic rings. The second-order valence-electron chi connectivity index (χ2n) is 7.79. The van der Waals surface area contributed by atoms with Gasteiger partial charge in [-0.15, -0.1) is 0 Å². The highest BCUT2D eigenvalue weighted by molar-refractivity contribution is 7.90. The van der Waals surface area contributed by atoms with Crippen LogP contribution in [0.4, 0.5) is 5.69 Å². The van der Waals surface area contributed by atoms with Crippen LogP contribution in [-0.4, -0.2) is 38.2 Å². The highest BCUT2D eigenvalue weighted by atomic mass is 32.2. The van der Waals surface area contributed by atoms with Crippen molar-refractivity contribution in [3.63, 3.8) is 0 Å². The first-order valence-electron chi connectivity index (χ1n) is 10.4. The molecule has 8 heteroatoms. The molecular formula is C24H24N2O5S. The lowest BCUT2D eigenvalue weighted by Crippen LogP contribution is -2.44. The normalized spacial score (nSPS) is 16.5. The summed E-state index contributed by atoms with van der Waals surface area (Å²) >= 11 is 0. The molecule has 0 saturated carbocycles. The zero-order valence-corrected chi connectivity index (χ0v) is 18.3. The Morgan fingerprint density at radius 1 is 1.00 bits per heavy atom. The van der Waals surface area contributed by atoms with Crippen LogP contribution in [0, 0.1) is 5.92 Å². The minimum Gasteiger partial charge on any atom is -0.459 e. The molecule has 2 amide bonds. The summed E-state index contributed by atoms with van der Waals surface area (Å²) in [4.78, 5) is 27.6. The van der Waals surface area contributed by atoms with Gasteiger partial charge in [0.15, 0.2) is 15.6 Å². The van der Waals surface area contributed by atoms with Crippen molar-refractivity contribution in [2.45, 2.75) is 23.5 Å². The number of hydrogen-bond acceptors (Lipinski definition) is 5. The second kappa shape index (κ2) is 9.40.